The van der Waals surface area contributed by atoms with Gasteiger partial charge >= 0.3 is 5.97 Å². The summed E-state index contributed by atoms with van der Waals surface area (Å²) < 4.78 is 11.2. The second kappa shape index (κ2) is 9.19. The lowest BCUT2D eigenvalue weighted by Gasteiger charge is -2.17. The van der Waals surface area contributed by atoms with Crippen molar-refractivity contribution in [3.05, 3.63) is 65.7 Å². The maximum atomic E-state index is 12.5. The van der Waals surface area contributed by atoms with Crippen LogP contribution in [0.2, 0.25) is 0 Å². The molecule has 2 unspecified atom stereocenters. The summed E-state index contributed by atoms with van der Waals surface area (Å²) in [7, 11) is 0. The number of carboxylic acids is 1. The number of carbonyl (C=O) groups excluding carboxylic acids is 1. The number of carbonyl (C=O) groups is 2. The van der Waals surface area contributed by atoms with E-state index in [9.17, 15) is 9.59 Å². The average molecular weight is 369 g/mol. The zero-order valence-electron chi connectivity index (χ0n) is 15.0. The highest BCUT2D eigenvalue weighted by Gasteiger charge is 2.19. The van der Waals surface area contributed by atoms with Crippen LogP contribution in [-0.4, -0.2) is 36.3 Å². The van der Waals surface area contributed by atoms with Crippen molar-refractivity contribution in [2.24, 2.45) is 0 Å². The largest absolute Gasteiger partial charge is 0.491 e. The molecule has 0 radical (unpaired) electrons. The van der Waals surface area contributed by atoms with Gasteiger partial charge in [-0.3, -0.25) is 9.59 Å². The maximum absolute atomic E-state index is 12.5. The Morgan fingerprint density at radius 3 is 2.52 bits per heavy atom. The first-order valence-electron chi connectivity index (χ1n) is 9.04. The molecule has 0 aromatic heterocycles. The molecule has 0 spiro atoms. The van der Waals surface area contributed by atoms with Crippen LogP contribution in [-0.2, 0) is 9.53 Å². The average Bonchev–Trinajstić information content (AvgIpc) is 3.20. The van der Waals surface area contributed by atoms with E-state index in [1.165, 1.54) is 0 Å². The molecule has 27 heavy (non-hydrogen) atoms. The number of hydrogen-bond acceptors (Lipinski definition) is 4. The van der Waals surface area contributed by atoms with E-state index in [4.69, 9.17) is 14.6 Å². The Morgan fingerprint density at radius 1 is 1.15 bits per heavy atom. The van der Waals surface area contributed by atoms with Crippen LogP contribution in [0, 0.1) is 0 Å². The quantitative estimate of drug-likeness (QED) is 0.746. The van der Waals surface area contributed by atoms with Gasteiger partial charge in [0.25, 0.3) is 5.91 Å². The van der Waals surface area contributed by atoms with Crippen molar-refractivity contribution in [2.75, 3.05) is 13.2 Å². The van der Waals surface area contributed by atoms with Gasteiger partial charge in [0.15, 0.2) is 0 Å². The summed E-state index contributed by atoms with van der Waals surface area (Å²) in [5.41, 5.74) is 1.20. The molecular formula is C21H23NO5. The lowest BCUT2D eigenvalue weighted by atomic mass is 10.0. The van der Waals surface area contributed by atoms with Crippen LogP contribution in [0.25, 0.3) is 0 Å². The van der Waals surface area contributed by atoms with Crippen LogP contribution < -0.4 is 10.1 Å². The van der Waals surface area contributed by atoms with Crippen LogP contribution in [0.15, 0.2) is 54.6 Å². The Hall–Kier alpha value is -2.86. The number of carboxylic acid groups (broad SMARTS) is 1. The fourth-order valence-electron chi connectivity index (χ4n) is 3.02. The van der Waals surface area contributed by atoms with Crippen molar-refractivity contribution in [2.45, 2.75) is 31.4 Å². The van der Waals surface area contributed by atoms with Crippen molar-refractivity contribution < 1.29 is 24.2 Å². The third-order valence-electron chi connectivity index (χ3n) is 4.46. The molecule has 142 valence electrons. The summed E-state index contributed by atoms with van der Waals surface area (Å²) in [6.45, 7) is 1.28. The normalized spacial score (nSPS) is 17.3. The van der Waals surface area contributed by atoms with Gasteiger partial charge in [-0.2, -0.15) is 0 Å². The molecule has 6 heteroatoms. The fraction of sp³-hybridized carbons (Fsp3) is 0.333. The highest BCUT2D eigenvalue weighted by Crippen LogP contribution is 2.19. The molecule has 0 saturated carbocycles. The number of ether oxygens (including phenoxy) is 2. The topological polar surface area (TPSA) is 84.9 Å². The number of amides is 1. The van der Waals surface area contributed by atoms with Crippen molar-refractivity contribution in [3.63, 3.8) is 0 Å². The molecular weight excluding hydrogens is 346 g/mol. The van der Waals surface area contributed by atoms with Gasteiger partial charge in [0.1, 0.15) is 12.4 Å². The van der Waals surface area contributed by atoms with Gasteiger partial charge in [0.2, 0.25) is 0 Å². The van der Waals surface area contributed by atoms with Gasteiger partial charge in [-0.1, -0.05) is 30.3 Å². The summed E-state index contributed by atoms with van der Waals surface area (Å²) in [4.78, 5) is 23.7. The molecule has 1 saturated heterocycles. The zero-order chi connectivity index (χ0) is 19.1. The van der Waals surface area contributed by atoms with Gasteiger partial charge in [-0.15, -0.1) is 0 Å². The Bertz CT molecular complexity index is 754. The highest BCUT2D eigenvalue weighted by atomic mass is 16.5. The number of aliphatic carboxylic acids is 1. The molecule has 2 aromatic rings. The Morgan fingerprint density at radius 2 is 1.89 bits per heavy atom. The number of rotatable bonds is 8. The fourth-order valence-corrected chi connectivity index (χ4v) is 3.02. The second-order valence-electron chi connectivity index (χ2n) is 6.51. The first-order chi connectivity index (χ1) is 13.1. The molecule has 2 aromatic carbocycles. The Balaban J connectivity index is 1.60. The van der Waals surface area contributed by atoms with E-state index in [1.807, 2.05) is 18.2 Å². The highest BCUT2D eigenvalue weighted by molar-refractivity contribution is 5.94. The van der Waals surface area contributed by atoms with E-state index in [0.29, 0.717) is 17.9 Å². The van der Waals surface area contributed by atoms with E-state index in [1.54, 1.807) is 36.4 Å². The molecule has 2 atom stereocenters. The van der Waals surface area contributed by atoms with Crippen LogP contribution in [0.3, 0.4) is 0 Å². The van der Waals surface area contributed by atoms with Crippen molar-refractivity contribution in [1.82, 2.24) is 5.32 Å². The number of nitrogens with one attached hydrogen (secondary N) is 1. The summed E-state index contributed by atoms with van der Waals surface area (Å²) in [6.07, 6.45) is 2.02. The predicted octanol–water partition coefficient (Wildman–Crippen LogP) is 3.19. The van der Waals surface area contributed by atoms with Crippen molar-refractivity contribution in [1.29, 1.82) is 0 Å². The molecule has 0 bridgehead atoms. The Kier molecular flexibility index (Phi) is 6.44. The van der Waals surface area contributed by atoms with Crippen molar-refractivity contribution >= 4 is 11.9 Å². The number of hydrogen-bond donors (Lipinski definition) is 2. The van der Waals surface area contributed by atoms with Gasteiger partial charge in [-0.05, 0) is 42.7 Å². The lowest BCUT2D eigenvalue weighted by molar-refractivity contribution is -0.137. The van der Waals surface area contributed by atoms with E-state index >= 15 is 0 Å². The maximum Gasteiger partial charge on any atom is 0.305 e. The molecule has 1 fully saturated rings. The van der Waals surface area contributed by atoms with Crippen molar-refractivity contribution in [3.8, 4) is 5.75 Å². The second-order valence-corrected chi connectivity index (χ2v) is 6.51. The van der Waals surface area contributed by atoms with E-state index in [-0.39, 0.29) is 18.4 Å². The van der Waals surface area contributed by atoms with Crippen LogP contribution in [0.1, 0.15) is 41.2 Å². The van der Waals surface area contributed by atoms with Crippen LogP contribution in [0.4, 0.5) is 0 Å². The molecule has 1 aliphatic heterocycles. The summed E-state index contributed by atoms with van der Waals surface area (Å²) in [5, 5.41) is 11.9. The molecule has 1 heterocycles. The first-order valence-corrected chi connectivity index (χ1v) is 9.04. The minimum absolute atomic E-state index is 0.135. The van der Waals surface area contributed by atoms with Crippen LogP contribution >= 0.6 is 0 Å². The first kappa shape index (κ1) is 18.9. The Labute approximate surface area is 158 Å². The van der Waals surface area contributed by atoms with E-state index in [2.05, 4.69) is 5.32 Å². The monoisotopic (exact) mass is 369 g/mol. The summed E-state index contributed by atoms with van der Waals surface area (Å²) in [6, 6.07) is 15.3. The van der Waals surface area contributed by atoms with Gasteiger partial charge in [0, 0.05) is 12.2 Å². The molecule has 6 nitrogen and oxygen atoms in total. The summed E-state index contributed by atoms with van der Waals surface area (Å²) in [5.74, 6) is -0.620. The third kappa shape index (κ3) is 5.56. The standard InChI is InChI=1S/C21H23NO5/c23-20(24)13-19(15-5-2-1-3-6-15)22-21(25)16-8-10-17(11-9-16)27-14-18-7-4-12-26-18/h1-3,5-6,8-11,18-19H,4,7,12-14H2,(H,22,25)(H,23,24). The molecule has 2 N–H and O–H groups in total. The van der Waals surface area contributed by atoms with Gasteiger partial charge < -0.3 is 19.9 Å². The molecule has 1 amide bonds. The minimum atomic E-state index is -0.970. The number of benzene rings is 2. The molecule has 0 aliphatic carbocycles. The van der Waals surface area contributed by atoms with Gasteiger partial charge in [0.05, 0.1) is 18.6 Å². The third-order valence-corrected chi connectivity index (χ3v) is 4.46. The SMILES string of the molecule is O=C(O)CC(NC(=O)c1ccc(OCC2CCCO2)cc1)c1ccccc1. The zero-order valence-corrected chi connectivity index (χ0v) is 15.0. The van der Waals surface area contributed by atoms with Crippen LogP contribution in [0.5, 0.6) is 5.75 Å². The van der Waals surface area contributed by atoms with E-state index < -0.39 is 12.0 Å². The molecule has 1 aliphatic rings. The smallest absolute Gasteiger partial charge is 0.305 e. The minimum Gasteiger partial charge on any atom is -0.491 e. The van der Waals surface area contributed by atoms with E-state index in [0.717, 1.165) is 25.0 Å². The lowest BCUT2D eigenvalue weighted by Crippen LogP contribution is -2.30. The predicted molar refractivity (Wildman–Crippen MR) is 99.8 cm³/mol. The molecule has 3 rings (SSSR count). The van der Waals surface area contributed by atoms with Gasteiger partial charge in [-0.25, -0.2) is 0 Å². The summed E-state index contributed by atoms with van der Waals surface area (Å²) >= 11 is 0.